The number of nitrogens with one attached hydrogen (secondary N) is 1. The van der Waals surface area contributed by atoms with Crippen molar-refractivity contribution in [3.05, 3.63) is 35.1 Å². The van der Waals surface area contributed by atoms with Gasteiger partial charge in [-0.15, -0.1) is 0 Å². The Morgan fingerprint density at radius 1 is 1.43 bits per heavy atom. The maximum atomic E-state index is 14.1. The maximum Gasteiger partial charge on any atom is 0.128 e. The Labute approximate surface area is 126 Å². The average Bonchev–Trinajstić information content (AvgIpc) is 2.49. The molecule has 1 fully saturated rings. The predicted molar refractivity (Wildman–Crippen MR) is 84.0 cm³/mol. The molecule has 0 radical (unpaired) electrons. The van der Waals surface area contributed by atoms with Crippen LogP contribution in [-0.2, 0) is 6.54 Å². The SMILES string of the molecule is CCN1CCC(N(C)Cc2ccc(C(=N)N)cc2F)CC1. The van der Waals surface area contributed by atoms with Crippen molar-refractivity contribution in [3.8, 4) is 0 Å². The molecule has 5 heteroatoms. The molecule has 0 spiro atoms. The number of benzene rings is 1. The number of nitrogen functional groups attached to an aromatic ring is 1. The highest BCUT2D eigenvalue weighted by Crippen LogP contribution is 2.19. The van der Waals surface area contributed by atoms with Gasteiger partial charge in [0.15, 0.2) is 0 Å². The Bertz CT molecular complexity index is 495. The number of hydrogen-bond acceptors (Lipinski definition) is 3. The number of hydrogen-bond donors (Lipinski definition) is 2. The summed E-state index contributed by atoms with van der Waals surface area (Å²) in [6, 6.07) is 5.32. The van der Waals surface area contributed by atoms with Crippen molar-refractivity contribution in [1.29, 1.82) is 5.41 Å². The summed E-state index contributed by atoms with van der Waals surface area (Å²) in [5.41, 5.74) is 6.49. The van der Waals surface area contributed by atoms with Gasteiger partial charge in [-0.2, -0.15) is 0 Å². The molecule has 1 aromatic rings. The van der Waals surface area contributed by atoms with Crippen LogP contribution in [0.4, 0.5) is 4.39 Å². The number of rotatable bonds is 5. The predicted octanol–water partition coefficient (Wildman–Crippen LogP) is 2.03. The number of nitrogens with two attached hydrogens (primary N) is 1. The molecule has 1 aliphatic rings. The Hall–Kier alpha value is -1.46. The Morgan fingerprint density at radius 2 is 2.10 bits per heavy atom. The van der Waals surface area contributed by atoms with Crippen LogP contribution >= 0.6 is 0 Å². The van der Waals surface area contributed by atoms with E-state index in [4.69, 9.17) is 11.1 Å². The zero-order chi connectivity index (χ0) is 15.4. The number of nitrogens with zero attached hydrogens (tertiary/aromatic N) is 2. The fraction of sp³-hybridized carbons (Fsp3) is 0.562. The average molecular weight is 292 g/mol. The topological polar surface area (TPSA) is 56.4 Å². The van der Waals surface area contributed by atoms with Crippen LogP contribution < -0.4 is 5.73 Å². The van der Waals surface area contributed by atoms with Crippen LogP contribution in [-0.4, -0.2) is 48.4 Å². The van der Waals surface area contributed by atoms with Gasteiger partial charge in [0.1, 0.15) is 11.7 Å². The monoisotopic (exact) mass is 292 g/mol. The molecule has 0 aromatic heterocycles. The van der Waals surface area contributed by atoms with Gasteiger partial charge >= 0.3 is 0 Å². The van der Waals surface area contributed by atoms with Gasteiger partial charge in [0.2, 0.25) is 0 Å². The summed E-state index contributed by atoms with van der Waals surface area (Å²) >= 11 is 0. The molecule has 4 nitrogen and oxygen atoms in total. The quantitative estimate of drug-likeness (QED) is 0.645. The lowest BCUT2D eigenvalue weighted by Crippen LogP contribution is -2.43. The molecular weight excluding hydrogens is 267 g/mol. The van der Waals surface area contributed by atoms with Gasteiger partial charge in [-0.05, 0) is 45.6 Å². The largest absolute Gasteiger partial charge is 0.384 e. The van der Waals surface area contributed by atoms with Crippen molar-refractivity contribution in [2.45, 2.75) is 32.4 Å². The van der Waals surface area contributed by atoms with Gasteiger partial charge in [-0.3, -0.25) is 10.3 Å². The molecule has 0 saturated carbocycles. The molecule has 0 aliphatic carbocycles. The lowest BCUT2D eigenvalue weighted by molar-refractivity contribution is 0.126. The molecule has 1 saturated heterocycles. The van der Waals surface area contributed by atoms with Gasteiger partial charge in [0, 0.05) is 23.7 Å². The van der Waals surface area contributed by atoms with E-state index in [1.807, 2.05) is 0 Å². The van der Waals surface area contributed by atoms with Crippen LogP contribution in [0.15, 0.2) is 18.2 Å². The lowest BCUT2D eigenvalue weighted by atomic mass is 10.0. The normalized spacial score (nSPS) is 17.3. The van der Waals surface area contributed by atoms with Crippen molar-refractivity contribution in [1.82, 2.24) is 9.80 Å². The smallest absolute Gasteiger partial charge is 0.128 e. The highest BCUT2D eigenvalue weighted by atomic mass is 19.1. The molecule has 0 amide bonds. The van der Waals surface area contributed by atoms with Crippen molar-refractivity contribution in [3.63, 3.8) is 0 Å². The molecule has 0 atom stereocenters. The van der Waals surface area contributed by atoms with Gasteiger partial charge in [0.25, 0.3) is 0 Å². The van der Waals surface area contributed by atoms with Crippen molar-refractivity contribution >= 4 is 5.84 Å². The first-order valence-electron chi connectivity index (χ1n) is 7.56. The van der Waals surface area contributed by atoms with Crippen molar-refractivity contribution < 1.29 is 4.39 Å². The lowest BCUT2D eigenvalue weighted by Gasteiger charge is -2.36. The molecule has 3 N–H and O–H groups in total. The number of halogens is 1. The number of likely N-dealkylation sites (tertiary alicyclic amines) is 1. The minimum Gasteiger partial charge on any atom is -0.384 e. The van der Waals surface area contributed by atoms with E-state index >= 15 is 0 Å². The molecule has 1 heterocycles. The minimum absolute atomic E-state index is 0.0965. The van der Waals surface area contributed by atoms with Crippen LogP contribution in [0, 0.1) is 11.2 Å². The van der Waals surface area contributed by atoms with Crippen molar-refractivity contribution in [2.24, 2.45) is 5.73 Å². The van der Waals surface area contributed by atoms with Gasteiger partial charge in [-0.1, -0.05) is 19.1 Å². The summed E-state index contributed by atoms with van der Waals surface area (Å²) in [5.74, 6) is -0.374. The minimum atomic E-state index is -0.277. The molecule has 1 aliphatic heterocycles. The molecule has 2 rings (SSSR count). The van der Waals surface area contributed by atoms with E-state index in [9.17, 15) is 4.39 Å². The van der Waals surface area contributed by atoms with Crippen LogP contribution in [0.2, 0.25) is 0 Å². The van der Waals surface area contributed by atoms with Gasteiger partial charge in [-0.25, -0.2) is 4.39 Å². The molecule has 0 unspecified atom stereocenters. The Balaban J connectivity index is 1.96. The van der Waals surface area contributed by atoms with Crippen LogP contribution in [0.3, 0.4) is 0 Å². The fourth-order valence-corrected chi connectivity index (χ4v) is 2.92. The third kappa shape index (κ3) is 4.02. The van der Waals surface area contributed by atoms with Gasteiger partial charge < -0.3 is 10.6 Å². The third-order valence-corrected chi connectivity index (χ3v) is 4.41. The summed E-state index contributed by atoms with van der Waals surface area (Å²) < 4.78 is 14.1. The number of amidine groups is 1. The fourth-order valence-electron chi connectivity index (χ4n) is 2.92. The zero-order valence-electron chi connectivity index (χ0n) is 12.9. The summed E-state index contributed by atoms with van der Waals surface area (Å²) in [7, 11) is 2.06. The summed E-state index contributed by atoms with van der Waals surface area (Å²) in [6.07, 6.45) is 2.27. The first-order valence-corrected chi connectivity index (χ1v) is 7.56. The summed E-state index contributed by atoms with van der Waals surface area (Å²) in [6.45, 7) is 6.14. The molecule has 1 aromatic carbocycles. The van der Waals surface area contributed by atoms with Crippen LogP contribution in [0.5, 0.6) is 0 Å². The van der Waals surface area contributed by atoms with E-state index in [-0.39, 0.29) is 11.7 Å². The van der Waals surface area contributed by atoms with Crippen LogP contribution in [0.1, 0.15) is 30.9 Å². The molecule has 0 bridgehead atoms. The van der Waals surface area contributed by atoms with Gasteiger partial charge in [0.05, 0.1) is 0 Å². The highest BCUT2D eigenvalue weighted by Gasteiger charge is 2.22. The Morgan fingerprint density at radius 3 is 2.62 bits per heavy atom. The first-order chi connectivity index (χ1) is 10.0. The number of piperidine rings is 1. The Kier molecular flexibility index (Phi) is 5.31. The second-order valence-corrected chi connectivity index (χ2v) is 5.80. The summed E-state index contributed by atoms with van der Waals surface area (Å²) in [4.78, 5) is 4.69. The molecule has 21 heavy (non-hydrogen) atoms. The van der Waals surface area contributed by atoms with E-state index in [2.05, 4.69) is 23.8 Å². The zero-order valence-corrected chi connectivity index (χ0v) is 12.9. The van der Waals surface area contributed by atoms with E-state index in [1.165, 1.54) is 6.07 Å². The van der Waals surface area contributed by atoms with E-state index < -0.39 is 0 Å². The van der Waals surface area contributed by atoms with E-state index in [1.54, 1.807) is 12.1 Å². The molecular formula is C16H25FN4. The maximum absolute atomic E-state index is 14.1. The van der Waals surface area contributed by atoms with E-state index in [0.29, 0.717) is 23.7 Å². The van der Waals surface area contributed by atoms with E-state index in [0.717, 1.165) is 32.5 Å². The third-order valence-electron chi connectivity index (χ3n) is 4.41. The second kappa shape index (κ2) is 7.00. The molecule has 116 valence electrons. The van der Waals surface area contributed by atoms with Crippen LogP contribution in [0.25, 0.3) is 0 Å². The second-order valence-electron chi connectivity index (χ2n) is 5.80. The highest BCUT2D eigenvalue weighted by molar-refractivity contribution is 5.94. The summed E-state index contributed by atoms with van der Waals surface area (Å²) in [5, 5.41) is 7.34. The standard InChI is InChI=1S/C16H25FN4/c1-3-21-8-6-14(7-9-21)20(2)11-13-5-4-12(16(18)19)10-15(13)17/h4-5,10,14H,3,6-9,11H2,1-2H3,(H3,18,19). The van der Waals surface area contributed by atoms with Crippen molar-refractivity contribution in [2.75, 3.05) is 26.7 Å². The first kappa shape index (κ1) is 15.9.